The predicted octanol–water partition coefficient (Wildman–Crippen LogP) is 3.38. The minimum absolute atomic E-state index is 0.0690. The van der Waals surface area contributed by atoms with Crippen LogP contribution in [0.15, 0.2) is 24.3 Å². The van der Waals surface area contributed by atoms with Gasteiger partial charge in [0.2, 0.25) is 0 Å². The maximum Gasteiger partial charge on any atom is 0.282 e. The molecule has 162 valence electrons. The first-order chi connectivity index (χ1) is 14.3. The molecule has 0 spiro atoms. The van der Waals surface area contributed by atoms with Crippen molar-refractivity contribution in [3.05, 3.63) is 52.1 Å². The van der Waals surface area contributed by atoms with Crippen molar-refractivity contribution < 1.29 is 19.2 Å². The largest absolute Gasteiger partial charge is 0.490 e. The van der Waals surface area contributed by atoms with Gasteiger partial charge in [0.15, 0.2) is 17.5 Å². The van der Waals surface area contributed by atoms with E-state index in [1.165, 1.54) is 21.6 Å². The number of ether oxygens (including phenoxy) is 2. The van der Waals surface area contributed by atoms with Crippen molar-refractivity contribution in [2.45, 2.75) is 60.5 Å². The number of hydrogen-bond acceptors (Lipinski definition) is 3. The molecule has 2 atom stereocenters. The molecule has 1 amide bonds. The van der Waals surface area contributed by atoms with Crippen molar-refractivity contribution >= 4 is 11.6 Å². The summed E-state index contributed by atoms with van der Waals surface area (Å²) in [5.74, 6) is 1.68. The van der Waals surface area contributed by atoms with Gasteiger partial charge in [0, 0.05) is 17.7 Å². The van der Waals surface area contributed by atoms with Gasteiger partial charge in [-0.1, -0.05) is 17.7 Å². The van der Waals surface area contributed by atoms with Gasteiger partial charge in [-0.3, -0.25) is 4.79 Å². The Labute approximate surface area is 180 Å². The van der Waals surface area contributed by atoms with E-state index in [4.69, 9.17) is 9.47 Å². The molecule has 2 aromatic carbocycles. The lowest BCUT2D eigenvalue weighted by molar-refractivity contribution is -0.929. The number of aryl methyl sites for hydroxylation is 3. The minimum Gasteiger partial charge on any atom is -0.490 e. The summed E-state index contributed by atoms with van der Waals surface area (Å²) in [4.78, 5) is 14.3. The van der Waals surface area contributed by atoms with Crippen molar-refractivity contribution in [3.8, 4) is 11.5 Å². The fourth-order valence-corrected chi connectivity index (χ4v) is 4.37. The van der Waals surface area contributed by atoms with Crippen LogP contribution in [0.4, 0.5) is 5.69 Å². The first kappa shape index (κ1) is 22.2. The van der Waals surface area contributed by atoms with Gasteiger partial charge in [0.1, 0.15) is 6.54 Å². The Morgan fingerprint density at radius 2 is 1.57 bits per heavy atom. The molecular weight excluding hydrogens is 376 g/mol. The zero-order valence-corrected chi connectivity index (χ0v) is 19.1. The number of quaternary nitrogens is 1. The van der Waals surface area contributed by atoms with Crippen molar-refractivity contribution in [1.82, 2.24) is 0 Å². The van der Waals surface area contributed by atoms with Gasteiger partial charge < -0.3 is 19.7 Å². The predicted molar refractivity (Wildman–Crippen MR) is 121 cm³/mol. The molecule has 0 saturated carbocycles. The maximum absolute atomic E-state index is 13.0. The van der Waals surface area contributed by atoms with E-state index >= 15 is 0 Å². The van der Waals surface area contributed by atoms with Crippen molar-refractivity contribution in [2.24, 2.45) is 0 Å². The van der Waals surface area contributed by atoms with E-state index in [1.54, 1.807) is 0 Å². The smallest absolute Gasteiger partial charge is 0.282 e. The standard InChI is InChI=1S/C25H34N2O3/c1-7-29-22-13-20-9-10-27(15-21(20)14-23(22)30-8-2)19(6)25(28)26-24-17(4)11-16(3)12-18(24)5/h11-14,19H,7-10,15H2,1-6H3,(H,26,28)/p+1/t19-/m1/s1. The van der Waals surface area contributed by atoms with E-state index < -0.39 is 0 Å². The Morgan fingerprint density at radius 3 is 2.13 bits per heavy atom. The number of benzene rings is 2. The summed E-state index contributed by atoms with van der Waals surface area (Å²) in [5, 5.41) is 3.18. The SMILES string of the molecule is CCOc1cc2c(cc1OCC)C[NH+]([C@H](C)C(=O)Nc1c(C)cc(C)cc1C)CC2. The quantitative estimate of drug-likeness (QED) is 0.734. The summed E-state index contributed by atoms with van der Waals surface area (Å²) in [6.45, 7) is 15.1. The third-order valence-corrected chi connectivity index (χ3v) is 5.93. The van der Waals surface area contributed by atoms with E-state index in [2.05, 4.69) is 50.4 Å². The van der Waals surface area contributed by atoms with Crippen molar-refractivity contribution in [1.29, 1.82) is 0 Å². The zero-order chi connectivity index (χ0) is 21.8. The van der Waals surface area contributed by atoms with Crippen LogP contribution in [-0.4, -0.2) is 31.7 Å². The van der Waals surface area contributed by atoms with Crippen LogP contribution in [0.3, 0.4) is 0 Å². The number of amides is 1. The van der Waals surface area contributed by atoms with Gasteiger partial charge in [-0.05, 0) is 70.4 Å². The fourth-order valence-electron chi connectivity index (χ4n) is 4.37. The second-order valence-corrected chi connectivity index (χ2v) is 8.25. The molecule has 0 bridgehead atoms. The van der Waals surface area contributed by atoms with Gasteiger partial charge in [0.25, 0.3) is 5.91 Å². The lowest BCUT2D eigenvalue weighted by atomic mass is 9.97. The number of hydrogen-bond donors (Lipinski definition) is 2. The first-order valence-corrected chi connectivity index (χ1v) is 11.0. The highest BCUT2D eigenvalue weighted by molar-refractivity contribution is 5.95. The lowest BCUT2D eigenvalue weighted by Crippen LogP contribution is -3.16. The average molecular weight is 412 g/mol. The Kier molecular flexibility index (Phi) is 7.03. The fraction of sp³-hybridized carbons (Fsp3) is 0.480. The van der Waals surface area contributed by atoms with Gasteiger partial charge in [0.05, 0.1) is 19.8 Å². The number of anilines is 1. The Balaban J connectivity index is 1.75. The molecule has 2 aromatic rings. The van der Waals surface area contributed by atoms with Crippen LogP contribution in [0.25, 0.3) is 0 Å². The summed E-state index contributed by atoms with van der Waals surface area (Å²) in [7, 11) is 0. The molecule has 0 aliphatic carbocycles. The highest BCUT2D eigenvalue weighted by Gasteiger charge is 2.30. The number of carbonyl (C=O) groups excluding carboxylic acids is 1. The number of nitrogens with one attached hydrogen (secondary N) is 2. The van der Waals surface area contributed by atoms with E-state index in [1.807, 2.05) is 20.8 Å². The van der Waals surface area contributed by atoms with Crippen molar-refractivity contribution in [2.75, 3.05) is 25.1 Å². The third-order valence-electron chi connectivity index (χ3n) is 5.93. The van der Waals surface area contributed by atoms with E-state index in [0.717, 1.165) is 47.8 Å². The molecule has 30 heavy (non-hydrogen) atoms. The number of fused-ring (bicyclic) bond motifs is 1. The Bertz CT molecular complexity index is 900. The van der Waals surface area contributed by atoms with Gasteiger partial charge in [-0.15, -0.1) is 0 Å². The molecule has 5 nitrogen and oxygen atoms in total. The normalized spacial score (nSPS) is 16.5. The highest BCUT2D eigenvalue weighted by Crippen LogP contribution is 2.32. The molecule has 5 heteroatoms. The molecule has 1 aliphatic heterocycles. The molecule has 1 unspecified atom stereocenters. The second kappa shape index (κ2) is 9.52. The molecule has 0 radical (unpaired) electrons. The third kappa shape index (κ3) is 4.78. The Hall–Kier alpha value is -2.53. The summed E-state index contributed by atoms with van der Waals surface area (Å²) < 4.78 is 11.6. The molecular formula is C25H35N2O3+. The molecule has 0 saturated heterocycles. The van der Waals surface area contributed by atoms with Gasteiger partial charge in [-0.2, -0.15) is 0 Å². The lowest BCUT2D eigenvalue weighted by Gasteiger charge is -2.31. The van der Waals surface area contributed by atoms with Crippen LogP contribution in [-0.2, 0) is 17.8 Å². The number of rotatable bonds is 7. The number of carbonyl (C=O) groups is 1. The molecule has 3 rings (SSSR count). The molecule has 0 aromatic heterocycles. The van der Waals surface area contributed by atoms with E-state index in [9.17, 15) is 4.79 Å². The minimum atomic E-state index is -0.139. The zero-order valence-electron chi connectivity index (χ0n) is 19.1. The van der Waals surface area contributed by atoms with Gasteiger partial charge in [-0.25, -0.2) is 0 Å². The van der Waals surface area contributed by atoms with E-state index in [0.29, 0.717) is 13.2 Å². The van der Waals surface area contributed by atoms with E-state index in [-0.39, 0.29) is 11.9 Å². The maximum atomic E-state index is 13.0. The molecule has 1 aliphatic rings. The molecule has 2 N–H and O–H groups in total. The summed E-state index contributed by atoms with van der Waals surface area (Å²) in [6.07, 6.45) is 0.928. The van der Waals surface area contributed by atoms with Crippen LogP contribution in [0.2, 0.25) is 0 Å². The second-order valence-electron chi connectivity index (χ2n) is 8.25. The van der Waals surface area contributed by atoms with Crippen LogP contribution >= 0.6 is 0 Å². The van der Waals surface area contributed by atoms with Crippen LogP contribution in [0.1, 0.15) is 48.6 Å². The first-order valence-electron chi connectivity index (χ1n) is 11.0. The molecule has 1 heterocycles. The monoisotopic (exact) mass is 411 g/mol. The molecule has 0 fully saturated rings. The summed E-state index contributed by atoms with van der Waals surface area (Å²) >= 11 is 0. The highest BCUT2D eigenvalue weighted by atomic mass is 16.5. The Morgan fingerprint density at radius 1 is 1.00 bits per heavy atom. The van der Waals surface area contributed by atoms with Gasteiger partial charge >= 0.3 is 0 Å². The average Bonchev–Trinajstić information content (AvgIpc) is 2.70. The van der Waals surface area contributed by atoms with Crippen LogP contribution in [0.5, 0.6) is 11.5 Å². The van der Waals surface area contributed by atoms with Crippen molar-refractivity contribution in [3.63, 3.8) is 0 Å². The summed E-state index contributed by atoms with van der Waals surface area (Å²) in [5.41, 5.74) is 6.91. The van der Waals surface area contributed by atoms with Crippen LogP contribution < -0.4 is 19.7 Å². The topological polar surface area (TPSA) is 52.0 Å². The summed E-state index contributed by atoms with van der Waals surface area (Å²) in [6, 6.07) is 8.30. The van der Waals surface area contributed by atoms with Crippen LogP contribution in [0, 0.1) is 20.8 Å².